The standard InChI is InChI=1S/2C21H32O3.C20H29NO6.C20H29NO3.3Ac.BHO.Na.H2O2/c2*1-6-9-21(3,4)12-15-7-8-17(14(15)2)16-10-18(22-5)20-19(11-16)23-13-24-20;1-6-7-20(3,4)10-16(22)13(2)15(11-21(23)24)14-8-17(25-5)19-18(9-14)26-12-27-19;1-6-7-20(3,4)10-16-13(2)15(11-21-16)14-8-17(22-5)19-18(9-14)23-12-24-19;;;;1-2;;1-2/h2*10-11,14-15,17H,6-9,12-13H2,1-5H3;8-9,13,15H,6-7,10-12H2,1-5H3;8-9,13,15H,6-7,10-12H2,1-5H3;;;;2H;;1-2H/q;;;;;;;-1;+1;. The fourth-order valence-corrected chi connectivity index (χ4v) is 17.4. The number of hydrogen-bond donors (Lipinski definition) is 3. The van der Waals surface area contributed by atoms with Crippen molar-refractivity contribution in [2.45, 2.75) is 237 Å². The van der Waals surface area contributed by atoms with Gasteiger partial charge in [-0.25, -0.2) is 0 Å². The van der Waals surface area contributed by atoms with Crippen LogP contribution in [0.5, 0.6) is 69.0 Å². The van der Waals surface area contributed by atoms with Gasteiger partial charge in [0.1, 0.15) is 5.78 Å². The monoisotopic (exact) mass is 2140 g/mol. The number of Topliss-reactive ketones (excluding diaryl/α,β-unsaturated/α-hetero) is 1. The summed E-state index contributed by atoms with van der Waals surface area (Å²) in [7, 11) is 10.1. The molecule has 25 heteroatoms. The van der Waals surface area contributed by atoms with Gasteiger partial charge in [-0.1, -0.05) is 136 Å². The van der Waals surface area contributed by atoms with E-state index in [1.54, 1.807) is 40.4 Å². The summed E-state index contributed by atoms with van der Waals surface area (Å²) < 4.78 is 66.1. The van der Waals surface area contributed by atoms with Crippen molar-refractivity contribution in [3.63, 3.8) is 0 Å². The summed E-state index contributed by atoms with van der Waals surface area (Å²) in [4.78, 5) is 28.7. The van der Waals surface area contributed by atoms with Crippen molar-refractivity contribution in [1.29, 1.82) is 0 Å². The van der Waals surface area contributed by atoms with E-state index in [1.807, 2.05) is 0 Å². The van der Waals surface area contributed by atoms with Crippen LogP contribution < -0.4 is 86.4 Å². The molecule has 3 N–H and O–H groups in total. The molecule has 0 bridgehead atoms. The molecule has 0 amide bonds. The normalized spacial score (nSPS) is 20.7. The maximum atomic E-state index is 12.9. The van der Waals surface area contributed by atoms with Crippen molar-refractivity contribution in [2.75, 3.05) is 68.7 Å². The van der Waals surface area contributed by atoms with Crippen LogP contribution in [0.25, 0.3) is 0 Å². The van der Waals surface area contributed by atoms with Crippen molar-refractivity contribution in [2.24, 2.45) is 62.2 Å². The first-order valence-electron chi connectivity index (χ1n) is 37.6. The van der Waals surface area contributed by atoms with Gasteiger partial charge in [-0.15, -0.1) is 0 Å². The number of carbonyl (C=O) groups excluding carboxylic acids is 1. The maximum absolute atomic E-state index is 12.9. The SMILES string of the molecule is CCCC(C)(C)CC(=O)C(C)C(C[N+](=O)[O-])c1cc(OC)c2c(c1)OCO2.CCCC(C)(C)CC1=NCC(c2cc(OC)c3c(c2)OCO3)C1C.CCCC(C)(C)CC1CCC(c2cc(OC)c3c(c2)OCO3)C1C.CCCC(C)(C)CC1CCC(c2cc(OC)c3c(c2)OCO3)C1C.OO.[Ac].[Ac].[Ac].[B-]O.[Na+]. The second-order valence-electron chi connectivity index (χ2n) is 32.5. The second-order valence-corrected chi connectivity index (χ2v) is 32.5. The number of aliphatic imine (C=N–C) groups is 1. The number of nitrogens with zero attached hydrogens (tertiary/aromatic N) is 2. The molecular formula is C82H125Ac3BN2NaO18. The Kier molecular flexibility index (Phi) is 45.7. The number of ether oxygens (including phenoxy) is 12. The Morgan fingerprint density at radius 2 is 0.869 bits per heavy atom. The molecule has 0 spiro atoms. The van der Waals surface area contributed by atoms with Gasteiger partial charge in [0.15, 0.2) is 46.0 Å². The molecule has 10 unspecified atom stereocenters. The van der Waals surface area contributed by atoms with Crippen LogP contribution in [0.3, 0.4) is 0 Å². The van der Waals surface area contributed by atoms with Gasteiger partial charge in [-0.05, 0) is 199 Å². The Morgan fingerprint density at radius 3 is 1.22 bits per heavy atom. The molecule has 2 saturated carbocycles. The molecule has 0 saturated heterocycles. The Hall–Kier alpha value is -1.51. The third-order valence-electron chi connectivity index (χ3n) is 22.6. The maximum Gasteiger partial charge on any atom is 1.00 e. The second kappa shape index (κ2) is 48.1. The van der Waals surface area contributed by atoms with Gasteiger partial charge in [-0.3, -0.25) is 30.4 Å². The molecule has 584 valence electrons. The van der Waals surface area contributed by atoms with Gasteiger partial charge in [-0.2, -0.15) is 0 Å². The van der Waals surface area contributed by atoms with E-state index in [0.717, 1.165) is 89.4 Å². The van der Waals surface area contributed by atoms with Crippen molar-refractivity contribution in [3.05, 3.63) is 80.9 Å². The van der Waals surface area contributed by atoms with Gasteiger partial charge < -0.3 is 69.9 Å². The first-order valence-corrected chi connectivity index (χ1v) is 37.6. The van der Waals surface area contributed by atoms with E-state index in [2.05, 4.69) is 148 Å². The smallest absolute Gasteiger partial charge is 0.715 e. The Bertz CT molecular complexity index is 3220. The van der Waals surface area contributed by atoms with Crippen LogP contribution in [-0.4, -0.2) is 109 Å². The molecule has 2 fully saturated rings. The van der Waals surface area contributed by atoms with E-state index in [1.165, 1.54) is 107 Å². The molecule has 6 radical (unpaired) electrons. The third-order valence-corrected chi connectivity index (χ3v) is 22.6. The Balaban J connectivity index is 0.000000471. The molecule has 0 aromatic heterocycles. The van der Waals surface area contributed by atoms with Crippen LogP contribution >= 0.6 is 0 Å². The number of ketones is 1. The molecule has 20 nitrogen and oxygen atoms in total. The molecule has 5 heterocycles. The molecule has 4 aromatic carbocycles. The van der Waals surface area contributed by atoms with E-state index in [4.69, 9.17) is 77.4 Å². The van der Waals surface area contributed by atoms with E-state index >= 15 is 0 Å². The first kappa shape index (κ1) is 102. The summed E-state index contributed by atoms with van der Waals surface area (Å²) in [6.07, 6.45) is 18.9. The van der Waals surface area contributed by atoms with Gasteiger partial charge in [0.05, 0.1) is 34.4 Å². The largest absolute Gasteiger partial charge is 1.00 e. The zero-order valence-corrected chi connectivity index (χ0v) is 84.9. The molecule has 4 aromatic rings. The fourth-order valence-electron chi connectivity index (χ4n) is 17.4. The van der Waals surface area contributed by atoms with Crippen LogP contribution in [0.15, 0.2) is 53.5 Å². The molecule has 107 heavy (non-hydrogen) atoms. The predicted molar refractivity (Wildman–Crippen MR) is 405 cm³/mol. The predicted octanol–water partition coefficient (Wildman–Crippen LogP) is 16.6. The van der Waals surface area contributed by atoms with Crippen LogP contribution in [0.2, 0.25) is 0 Å². The summed E-state index contributed by atoms with van der Waals surface area (Å²) in [5.74, 6) is 12.5. The molecule has 5 aliphatic heterocycles. The summed E-state index contributed by atoms with van der Waals surface area (Å²) in [6.45, 7) is 37.9. The van der Waals surface area contributed by atoms with Crippen molar-refractivity contribution in [1.82, 2.24) is 0 Å². The minimum absolute atomic E-state index is 0. The number of carbonyl (C=O) groups is 1. The molecule has 10 atom stereocenters. The van der Waals surface area contributed by atoms with Crippen LogP contribution in [0.4, 0.5) is 0 Å². The molecular weight excluding hydrogens is 2020 g/mol. The summed E-state index contributed by atoms with van der Waals surface area (Å²) in [5.41, 5.74) is 7.05. The van der Waals surface area contributed by atoms with Crippen LogP contribution in [0.1, 0.15) is 259 Å². The minimum atomic E-state index is -0.562. The summed E-state index contributed by atoms with van der Waals surface area (Å²) in [5, 5.41) is 29.8. The van der Waals surface area contributed by atoms with E-state index in [-0.39, 0.29) is 198 Å². The third kappa shape index (κ3) is 28.1. The Morgan fingerprint density at radius 1 is 0.533 bits per heavy atom. The number of rotatable bonds is 28. The van der Waals surface area contributed by atoms with Crippen LogP contribution in [0, 0.1) is 199 Å². The summed E-state index contributed by atoms with van der Waals surface area (Å²) in [6, 6.07) is 16.3. The fraction of sp³-hybridized carbons (Fsp3) is 0.683. The Labute approximate surface area is 771 Å². The minimum Gasteiger partial charge on any atom is -0.715 e. The van der Waals surface area contributed by atoms with E-state index < -0.39 is 11.8 Å². The summed E-state index contributed by atoms with van der Waals surface area (Å²) >= 11 is 0. The van der Waals surface area contributed by atoms with Gasteiger partial charge in [0, 0.05) is 174 Å². The number of fused-ring (bicyclic) bond motifs is 4. The molecule has 2 aliphatic carbocycles. The van der Waals surface area contributed by atoms with Crippen LogP contribution in [-0.2, 0) is 4.79 Å². The van der Waals surface area contributed by atoms with Crippen molar-refractivity contribution in [3.8, 4) is 69.0 Å². The molecule has 11 rings (SSSR count). The topological polar surface area (TPSA) is 244 Å². The van der Waals surface area contributed by atoms with Gasteiger partial charge in [0.2, 0.25) is 56.7 Å². The number of nitro groups is 1. The van der Waals surface area contributed by atoms with Gasteiger partial charge >= 0.3 is 29.6 Å². The zero-order valence-electron chi connectivity index (χ0n) is 68.6. The van der Waals surface area contributed by atoms with E-state index in [0.29, 0.717) is 94.6 Å². The van der Waals surface area contributed by atoms with Gasteiger partial charge in [0.25, 0.3) is 0 Å². The van der Waals surface area contributed by atoms with E-state index in [9.17, 15) is 14.9 Å². The van der Waals surface area contributed by atoms with Crippen molar-refractivity contribution < 1.29 is 244 Å². The first-order chi connectivity index (χ1) is 49.0. The number of benzene rings is 4. The molecule has 7 aliphatic rings. The average Bonchev–Trinajstić information content (AvgIpc) is 1.72. The average molecular weight is 2140 g/mol. The number of hydrogen-bond acceptors (Lipinski definition) is 19. The zero-order chi connectivity index (χ0) is 76.1. The van der Waals surface area contributed by atoms with Crippen molar-refractivity contribution >= 4 is 19.5 Å². The quantitative estimate of drug-likeness (QED) is 0.0207. The number of methoxy groups -OCH3 is 4.